The van der Waals surface area contributed by atoms with Crippen molar-refractivity contribution in [2.75, 3.05) is 0 Å². The van der Waals surface area contributed by atoms with Gasteiger partial charge in [-0.3, -0.25) is 4.40 Å². The van der Waals surface area contributed by atoms with Crippen molar-refractivity contribution in [1.29, 1.82) is 5.26 Å². The maximum Gasteiger partial charge on any atom is 0.354 e. The summed E-state index contributed by atoms with van der Waals surface area (Å²) in [6.45, 7) is 0. The summed E-state index contributed by atoms with van der Waals surface area (Å²) in [7, 11) is 0. The number of aromatic nitrogens is 2. The van der Waals surface area contributed by atoms with Gasteiger partial charge in [0, 0.05) is 12.3 Å². The molecule has 0 atom stereocenters. The van der Waals surface area contributed by atoms with Crippen LogP contribution in [0.2, 0.25) is 0 Å². The molecule has 2 rings (SSSR count). The van der Waals surface area contributed by atoms with Crippen LogP contribution in [0.25, 0.3) is 11.7 Å². The van der Waals surface area contributed by atoms with E-state index in [0.717, 1.165) is 5.56 Å². The zero-order valence-electron chi connectivity index (χ0n) is 8.16. The lowest BCUT2D eigenvalue weighted by molar-refractivity contribution is 0.0689. The third-order valence-corrected chi connectivity index (χ3v) is 2.10. The molecule has 2 aromatic rings. The predicted octanol–water partition coefficient (Wildman–Crippen LogP) is 1.57. The molecular formula is C11H7N3O2. The predicted molar refractivity (Wildman–Crippen MR) is 56.8 cm³/mol. The van der Waals surface area contributed by atoms with E-state index in [1.807, 2.05) is 6.07 Å². The fourth-order valence-electron chi connectivity index (χ4n) is 1.39. The van der Waals surface area contributed by atoms with Gasteiger partial charge in [0.25, 0.3) is 0 Å². The maximum atomic E-state index is 10.9. The Morgan fingerprint density at radius 2 is 2.38 bits per heavy atom. The Balaban J connectivity index is 2.59. The molecule has 5 nitrogen and oxygen atoms in total. The van der Waals surface area contributed by atoms with Gasteiger partial charge in [-0.15, -0.1) is 0 Å². The fourth-order valence-corrected chi connectivity index (χ4v) is 1.39. The van der Waals surface area contributed by atoms with Crippen LogP contribution >= 0.6 is 0 Å². The average Bonchev–Trinajstić information content (AvgIpc) is 2.69. The number of fused-ring (bicyclic) bond motifs is 1. The lowest BCUT2D eigenvalue weighted by Gasteiger charge is -1.98. The zero-order valence-corrected chi connectivity index (χ0v) is 8.16. The molecule has 2 heterocycles. The van der Waals surface area contributed by atoms with Gasteiger partial charge < -0.3 is 5.11 Å². The number of pyridine rings is 1. The first-order valence-corrected chi connectivity index (χ1v) is 4.49. The highest BCUT2D eigenvalue weighted by molar-refractivity contribution is 5.86. The molecule has 0 unspecified atom stereocenters. The molecule has 16 heavy (non-hydrogen) atoms. The summed E-state index contributed by atoms with van der Waals surface area (Å²) in [5.41, 5.74) is 1.41. The number of allylic oxidation sites excluding steroid dienone is 1. The second-order valence-electron chi connectivity index (χ2n) is 3.10. The Morgan fingerprint density at radius 1 is 1.56 bits per heavy atom. The number of nitrogens with zero attached hydrogens (tertiary/aromatic N) is 3. The van der Waals surface area contributed by atoms with Gasteiger partial charge in [-0.05, 0) is 23.8 Å². The number of carbonyl (C=O) groups is 1. The van der Waals surface area contributed by atoms with Crippen LogP contribution in [0, 0.1) is 11.3 Å². The molecule has 0 saturated carbocycles. The topological polar surface area (TPSA) is 78.4 Å². The zero-order chi connectivity index (χ0) is 11.5. The lowest BCUT2D eigenvalue weighted by Crippen LogP contribution is -2.01. The molecule has 78 valence electrons. The van der Waals surface area contributed by atoms with Crippen molar-refractivity contribution < 1.29 is 9.90 Å². The number of carboxylic acid groups (broad SMARTS) is 1. The summed E-state index contributed by atoms with van der Waals surface area (Å²) in [4.78, 5) is 14.8. The summed E-state index contributed by atoms with van der Waals surface area (Å²) < 4.78 is 1.47. The van der Waals surface area contributed by atoms with Crippen molar-refractivity contribution in [2.24, 2.45) is 0 Å². The SMILES string of the molecule is N#C/C=C/c1ccc2ncc(C(=O)O)n2c1. The molecular weight excluding hydrogens is 206 g/mol. The van der Waals surface area contributed by atoms with Crippen molar-refractivity contribution in [3.8, 4) is 6.07 Å². The first-order valence-electron chi connectivity index (χ1n) is 4.49. The van der Waals surface area contributed by atoms with Gasteiger partial charge in [-0.1, -0.05) is 0 Å². The van der Waals surface area contributed by atoms with Crippen molar-refractivity contribution in [3.63, 3.8) is 0 Å². The summed E-state index contributed by atoms with van der Waals surface area (Å²) >= 11 is 0. The Morgan fingerprint density at radius 3 is 3.06 bits per heavy atom. The van der Waals surface area contributed by atoms with Crippen molar-refractivity contribution in [2.45, 2.75) is 0 Å². The number of aromatic carboxylic acids is 1. The van der Waals surface area contributed by atoms with E-state index in [1.165, 1.54) is 16.7 Å². The van der Waals surface area contributed by atoms with E-state index in [1.54, 1.807) is 24.4 Å². The van der Waals surface area contributed by atoms with Crippen LogP contribution in [0.1, 0.15) is 16.1 Å². The van der Waals surface area contributed by atoms with Crippen LogP contribution in [0.15, 0.2) is 30.6 Å². The van der Waals surface area contributed by atoms with Gasteiger partial charge >= 0.3 is 5.97 Å². The molecule has 0 radical (unpaired) electrons. The largest absolute Gasteiger partial charge is 0.477 e. The van der Waals surface area contributed by atoms with Gasteiger partial charge in [-0.25, -0.2) is 9.78 Å². The van der Waals surface area contributed by atoms with Gasteiger partial charge in [0.15, 0.2) is 5.69 Å². The number of nitriles is 1. The molecule has 0 saturated heterocycles. The van der Waals surface area contributed by atoms with Crippen LogP contribution in [0.3, 0.4) is 0 Å². The summed E-state index contributed by atoms with van der Waals surface area (Å²) in [5, 5.41) is 17.3. The minimum Gasteiger partial charge on any atom is -0.477 e. The van der Waals surface area contributed by atoms with E-state index in [0.29, 0.717) is 5.65 Å². The highest BCUT2D eigenvalue weighted by Gasteiger charge is 2.09. The van der Waals surface area contributed by atoms with Crippen LogP contribution < -0.4 is 0 Å². The number of hydrogen-bond donors (Lipinski definition) is 1. The van der Waals surface area contributed by atoms with Crippen molar-refractivity contribution in [3.05, 3.63) is 41.9 Å². The highest BCUT2D eigenvalue weighted by atomic mass is 16.4. The van der Waals surface area contributed by atoms with E-state index in [2.05, 4.69) is 4.98 Å². The Hall–Kier alpha value is -2.61. The molecule has 0 bridgehead atoms. The van der Waals surface area contributed by atoms with Crippen molar-refractivity contribution in [1.82, 2.24) is 9.38 Å². The summed E-state index contributed by atoms with van der Waals surface area (Å²) in [5.74, 6) is -1.03. The second-order valence-corrected chi connectivity index (χ2v) is 3.10. The van der Waals surface area contributed by atoms with E-state index in [9.17, 15) is 4.79 Å². The first kappa shape index (κ1) is 9.93. The van der Waals surface area contributed by atoms with Crippen LogP contribution in [-0.2, 0) is 0 Å². The third-order valence-electron chi connectivity index (χ3n) is 2.10. The fraction of sp³-hybridized carbons (Fsp3) is 0. The number of rotatable bonds is 2. The van der Waals surface area contributed by atoms with Gasteiger partial charge in [0.05, 0.1) is 12.3 Å². The van der Waals surface area contributed by atoms with E-state index < -0.39 is 5.97 Å². The first-order chi connectivity index (χ1) is 7.72. The minimum absolute atomic E-state index is 0.0993. The van der Waals surface area contributed by atoms with Gasteiger partial charge in [0.1, 0.15) is 5.65 Å². The molecule has 0 amide bonds. The van der Waals surface area contributed by atoms with E-state index in [-0.39, 0.29) is 5.69 Å². The number of carboxylic acids is 1. The summed E-state index contributed by atoms with van der Waals surface area (Å²) in [6, 6.07) is 5.34. The number of imidazole rings is 1. The average molecular weight is 213 g/mol. The standard InChI is InChI=1S/C11H7N3O2/c12-5-1-2-8-3-4-10-13-6-9(11(15)16)14(10)7-8/h1-4,6-7H,(H,15,16)/b2-1+. The normalized spacial score (nSPS) is 10.7. The van der Waals surface area contributed by atoms with E-state index in [4.69, 9.17) is 10.4 Å². The molecule has 0 fully saturated rings. The smallest absolute Gasteiger partial charge is 0.354 e. The van der Waals surface area contributed by atoms with Crippen LogP contribution in [0.4, 0.5) is 0 Å². The lowest BCUT2D eigenvalue weighted by atomic mass is 10.2. The molecule has 0 aromatic carbocycles. The number of hydrogen-bond acceptors (Lipinski definition) is 3. The molecule has 0 spiro atoms. The van der Waals surface area contributed by atoms with Crippen LogP contribution in [-0.4, -0.2) is 20.5 Å². The molecule has 2 aromatic heterocycles. The Kier molecular flexibility index (Phi) is 2.40. The molecule has 1 N–H and O–H groups in total. The Labute approximate surface area is 90.9 Å². The minimum atomic E-state index is -1.03. The molecule has 0 aliphatic heterocycles. The third kappa shape index (κ3) is 1.64. The van der Waals surface area contributed by atoms with Crippen molar-refractivity contribution >= 4 is 17.7 Å². The van der Waals surface area contributed by atoms with Crippen LogP contribution in [0.5, 0.6) is 0 Å². The second kappa shape index (κ2) is 3.87. The Bertz CT molecular complexity index is 620. The monoisotopic (exact) mass is 213 g/mol. The molecule has 0 aliphatic carbocycles. The quantitative estimate of drug-likeness (QED) is 0.768. The molecule has 0 aliphatic rings. The highest BCUT2D eigenvalue weighted by Crippen LogP contribution is 2.10. The van der Waals surface area contributed by atoms with Gasteiger partial charge in [-0.2, -0.15) is 5.26 Å². The van der Waals surface area contributed by atoms with E-state index >= 15 is 0 Å². The summed E-state index contributed by atoms with van der Waals surface area (Å²) in [6.07, 6.45) is 5.86. The maximum absolute atomic E-state index is 10.9. The van der Waals surface area contributed by atoms with Gasteiger partial charge in [0.2, 0.25) is 0 Å². The molecule has 5 heteroatoms.